The van der Waals surface area contributed by atoms with E-state index in [2.05, 4.69) is 36.5 Å². The number of nitrogens with one attached hydrogen (secondary N) is 1. The Bertz CT molecular complexity index is 1210. The zero-order valence-electron chi connectivity index (χ0n) is 16.3. The van der Waals surface area contributed by atoms with Crippen LogP contribution in [0.25, 0.3) is 21.0 Å². The number of nitrogens with zero attached hydrogens (tertiary/aromatic N) is 1. The van der Waals surface area contributed by atoms with Gasteiger partial charge in [-0.05, 0) is 66.1 Å². The van der Waals surface area contributed by atoms with Crippen LogP contribution in [0.5, 0.6) is 5.75 Å². The molecule has 4 aromatic rings. The van der Waals surface area contributed by atoms with Gasteiger partial charge in [0.1, 0.15) is 5.75 Å². The van der Waals surface area contributed by atoms with E-state index >= 15 is 0 Å². The Hall–Kier alpha value is -2.92. The number of unbranched alkanes of at least 4 members (excludes halogenated alkanes) is 1. The van der Waals surface area contributed by atoms with Crippen LogP contribution in [-0.4, -0.2) is 17.5 Å². The van der Waals surface area contributed by atoms with Crippen LogP contribution in [-0.2, 0) is 12.8 Å². The Kier molecular flexibility index (Phi) is 4.68. The Morgan fingerprint density at radius 1 is 1.14 bits per heavy atom. The molecule has 1 aliphatic rings. The van der Waals surface area contributed by atoms with Gasteiger partial charge in [-0.3, -0.25) is 10.1 Å². The van der Waals surface area contributed by atoms with Gasteiger partial charge in [0.2, 0.25) is 0 Å². The molecule has 5 heteroatoms. The van der Waals surface area contributed by atoms with Gasteiger partial charge >= 0.3 is 0 Å². The minimum atomic E-state index is -0.151. The zero-order chi connectivity index (χ0) is 19.8. The number of carbonyl (C=O) groups is 1. The molecule has 29 heavy (non-hydrogen) atoms. The minimum Gasteiger partial charge on any atom is -0.494 e. The van der Waals surface area contributed by atoms with Gasteiger partial charge in [0, 0.05) is 10.9 Å². The smallest absolute Gasteiger partial charge is 0.257 e. The van der Waals surface area contributed by atoms with Crippen molar-refractivity contribution in [1.82, 2.24) is 4.98 Å². The largest absolute Gasteiger partial charge is 0.494 e. The molecular formula is C24H22N2O2S. The summed E-state index contributed by atoms with van der Waals surface area (Å²) < 4.78 is 6.79. The van der Waals surface area contributed by atoms with Crippen molar-refractivity contribution < 1.29 is 9.53 Å². The summed E-state index contributed by atoms with van der Waals surface area (Å²) in [5, 5.41) is 6.14. The number of hydrogen-bond acceptors (Lipinski definition) is 4. The summed E-state index contributed by atoms with van der Waals surface area (Å²) in [5.74, 6) is 0.640. The number of thiazole rings is 1. The zero-order valence-corrected chi connectivity index (χ0v) is 17.1. The van der Waals surface area contributed by atoms with Gasteiger partial charge in [-0.1, -0.05) is 42.9 Å². The molecule has 3 aromatic carbocycles. The Labute approximate surface area is 173 Å². The Morgan fingerprint density at radius 3 is 2.79 bits per heavy atom. The van der Waals surface area contributed by atoms with E-state index in [9.17, 15) is 4.79 Å². The molecule has 1 N–H and O–H groups in total. The first kappa shape index (κ1) is 18.1. The van der Waals surface area contributed by atoms with Crippen LogP contribution in [0.15, 0.2) is 48.5 Å². The number of benzene rings is 3. The predicted molar refractivity (Wildman–Crippen MR) is 119 cm³/mol. The molecule has 5 rings (SSSR count). The van der Waals surface area contributed by atoms with Gasteiger partial charge < -0.3 is 4.74 Å². The Morgan fingerprint density at radius 2 is 1.97 bits per heavy atom. The van der Waals surface area contributed by atoms with Gasteiger partial charge in [-0.15, -0.1) is 0 Å². The average Bonchev–Trinajstić information content (AvgIpc) is 3.34. The van der Waals surface area contributed by atoms with Crippen LogP contribution >= 0.6 is 11.3 Å². The van der Waals surface area contributed by atoms with Crippen LogP contribution in [0.3, 0.4) is 0 Å². The SMILES string of the molecule is CCCCOc1ccc(C(=O)Nc2nc3c(cc4c5c(cccc53)CC4)s2)cc1. The molecule has 0 saturated carbocycles. The first-order chi connectivity index (χ1) is 14.2. The molecule has 4 nitrogen and oxygen atoms in total. The number of ether oxygens (including phenoxy) is 1. The molecule has 0 radical (unpaired) electrons. The van der Waals surface area contributed by atoms with Crippen molar-refractivity contribution in [2.45, 2.75) is 32.6 Å². The third-order valence-corrected chi connectivity index (χ3v) is 6.37. The van der Waals surface area contributed by atoms with Gasteiger partial charge in [0.15, 0.2) is 5.13 Å². The van der Waals surface area contributed by atoms with E-state index in [0.717, 1.165) is 41.6 Å². The highest BCUT2D eigenvalue weighted by molar-refractivity contribution is 7.22. The number of aryl methyl sites for hydroxylation is 2. The summed E-state index contributed by atoms with van der Waals surface area (Å²) in [6.45, 7) is 2.83. The monoisotopic (exact) mass is 402 g/mol. The fraction of sp³-hybridized carbons (Fsp3) is 0.250. The molecule has 146 valence electrons. The fourth-order valence-electron chi connectivity index (χ4n) is 3.96. The maximum absolute atomic E-state index is 12.7. The lowest BCUT2D eigenvalue weighted by molar-refractivity contribution is 0.102. The molecule has 1 amide bonds. The van der Waals surface area contributed by atoms with Gasteiger partial charge in [0.25, 0.3) is 5.91 Å². The summed E-state index contributed by atoms with van der Waals surface area (Å²) in [6, 6.07) is 16.0. The summed E-state index contributed by atoms with van der Waals surface area (Å²) in [5.41, 5.74) is 4.37. The number of aromatic nitrogens is 1. The van der Waals surface area contributed by atoms with Crippen molar-refractivity contribution in [3.8, 4) is 5.75 Å². The normalized spacial score (nSPS) is 12.6. The number of carbonyl (C=O) groups excluding carboxylic acids is 1. The number of hydrogen-bond donors (Lipinski definition) is 1. The van der Waals surface area contributed by atoms with Crippen molar-refractivity contribution in [2.75, 3.05) is 11.9 Å². The predicted octanol–water partition coefficient (Wildman–Crippen LogP) is 5.98. The third-order valence-electron chi connectivity index (χ3n) is 5.45. The summed E-state index contributed by atoms with van der Waals surface area (Å²) >= 11 is 1.54. The molecule has 0 saturated heterocycles. The molecule has 1 aliphatic carbocycles. The summed E-state index contributed by atoms with van der Waals surface area (Å²) in [7, 11) is 0. The topological polar surface area (TPSA) is 51.2 Å². The number of amides is 1. The molecule has 0 aliphatic heterocycles. The lowest BCUT2D eigenvalue weighted by Crippen LogP contribution is -2.11. The molecule has 1 heterocycles. The quantitative estimate of drug-likeness (QED) is 0.404. The standard InChI is InChI=1S/C24H22N2O2S/c1-2-3-13-28-18-11-9-16(10-12-18)23(27)26-24-25-22-19-6-4-5-15-7-8-17(21(15)19)14-20(22)29-24/h4-6,9-12,14H,2-3,7-8,13H2,1H3,(H,25,26,27). The van der Waals surface area contributed by atoms with Crippen LogP contribution in [0.2, 0.25) is 0 Å². The molecule has 1 aromatic heterocycles. The second-order valence-corrected chi connectivity index (χ2v) is 8.45. The van der Waals surface area contributed by atoms with E-state index in [-0.39, 0.29) is 5.91 Å². The lowest BCUT2D eigenvalue weighted by Gasteiger charge is -2.06. The van der Waals surface area contributed by atoms with Crippen LogP contribution < -0.4 is 10.1 Å². The highest BCUT2D eigenvalue weighted by Gasteiger charge is 2.19. The van der Waals surface area contributed by atoms with Crippen LogP contribution in [0.4, 0.5) is 5.13 Å². The van der Waals surface area contributed by atoms with Crippen molar-refractivity contribution in [3.05, 3.63) is 65.2 Å². The Balaban J connectivity index is 1.38. The van der Waals surface area contributed by atoms with Crippen molar-refractivity contribution >= 4 is 43.4 Å². The molecule has 0 fully saturated rings. The van der Waals surface area contributed by atoms with Gasteiger partial charge in [0.05, 0.1) is 16.8 Å². The molecule has 0 unspecified atom stereocenters. The average molecular weight is 403 g/mol. The molecule has 0 atom stereocenters. The van der Waals surface area contributed by atoms with Gasteiger partial charge in [-0.2, -0.15) is 0 Å². The van der Waals surface area contributed by atoms with E-state index in [1.165, 1.54) is 33.2 Å². The first-order valence-corrected chi connectivity index (χ1v) is 10.9. The fourth-order valence-corrected chi connectivity index (χ4v) is 4.91. The number of rotatable bonds is 6. The van der Waals surface area contributed by atoms with E-state index in [1.807, 2.05) is 12.1 Å². The van der Waals surface area contributed by atoms with E-state index in [4.69, 9.17) is 9.72 Å². The highest BCUT2D eigenvalue weighted by atomic mass is 32.1. The van der Waals surface area contributed by atoms with E-state index in [1.54, 1.807) is 12.1 Å². The van der Waals surface area contributed by atoms with Crippen molar-refractivity contribution in [1.29, 1.82) is 0 Å². The molecule has 0 spiro atoms. The maximum atomic E-state index is 12.7. The van der Waals surface area contributed by atoms with Crippen LogP contribution in [0, 0.1) is 0 Å². The molecule has 0 bridgehead atoms. The minimum absolute atomic E-state index is 0.151. The number of fused-ring (bicyclic) bond motifs is 2. The first-order valence-electron chi connectivity index (χ1n) is 10.1. The summed E-state index contributed by atoms with van der Waals surface area (Å²) in [4.78, 5) is 17.4. The third kappa shape index (κ3) is 3.36. The maximum Gasteiger partial charge on any atom is 0.257 e. The van der Waals surface area contributed by atoms with E-state index in [0.29, 0.717) is 17.3 Å². The number of anilines is 1. The second kappa shape index (κ2) is 7.48. The van der Waals surface area contributed by atoms with Gasteiger partial charge in [-0.25, -0.2) is 4.98 Å². The van der Waals surface area contributed by atoms with Crippen molar-refractivity contribution in [2.24, 2.45) is 0 Å². The molecular weight excluding hydrogens is 380 g/mol. The summed E-state index contributed by atoms with van der Waals surface area (Å²) in [6.07, 6.45) is 4.31. The lowest BCUT2D eigenvalue weighted by atomic mass is 10.0. The van der Waals surface area contributed by atoms with Crippen LogP contribution in [0.1, 0.15) is 41.3 Å². The highest BCUT2D eigenvalue weighted by Crippen LogP contribution is 2.39. The van der Waals surface area contributed by atoms with Crippen molar-refractivity contribution in [3.63, 3.8) is 0 Å². The second-order valence-electron chi connectivity index (χ2n) is 7.42. The van der Waals surface area contributed by atoms with E-state index < -0.39 is 0 Å².